The maximum Gasteiger partial charge on any atom is 0.323 e. The van der Waals surface area contributed by atoms with Crippen molar-refractivity contribution >= 4 is 17.5 Å². The van der Waals surface area contributed by atoms with Crippen LogP contribution in [0.15, 0.2) is 18.3 Å². The van der Waals surface area contributed by atoms with E-state index in [-0.39, 0.29) is 12.5 Å². The third-order valence-electron chi connectivity index (χ3n) is 3.17. The van der Waals surface area contributed by atoms with Gasteiger partial charge in [-0.05, 0) is 25.0 Å². The van der Waals surface area contributed by atoms with Crippen molar-refractivity contribution in [2.75, 3.05) is 13.6 Å². The van der Waals surface area contributed by atoms with E-state index < -0.39 is 5.97 Å². The Labute approximate surface area is 116 Å². The van der Waals surface area contributed by atoms with Crippen molar-refractivity contribution in [2.24, 2.45) is 0 Å². The Kier molecular flexibility index (Phi) is 3.74. The van der Waals surface area contributed by atoms with Gasteiger partial charge < -0.3 is 10.0 Å². The zero-order valence-electron chi connectivity index (χ0n) is 11.8. The number of hydrogen-bond acceptors (Lipinski definition) is 3. The van der Waals surface area contributed by atoms with E-state index in [4.69, 9.17) is 5.11 Å². The Bertz CT molecular complexity index is 676. The number of rotatable bonds is 4. The minimum atomic E-state index is -1.04. The Morgan fingerprint density at radius 1 is 1.45 bits per heavy atom. The van der Waals surface area contributed by atoms with Gasteiger partial charge in [-0.3, -0.25) is 14.0 Å². The number of aromatic nitrogens is 2. The number of amides is 1. The molecule has 0 unspecified atom stereocenters. The zero-order valence-corrected chi connectivity index (χ0v) is 11.8. The molecule has 6 nitrogen and oxygen atoms in total. The summed E-state index contributed by atoms with van der Waals surface area (Å²) in [5.41, 5.74) is 2.83. The van der Waals surface area contributed by atoms with Crippen molar-refractivity contribution in [3.8, 4) is 0 Å². The van der Waals surface area contributed by atoms with Crippen LogP contribution in [0.4, 0.5) is 0 Å². The average Bonchev–Trinajstić information content (AvgIpc) is 2.77. The van der Waals surface area contributed by atoms with Crippen LogP contribution in [0.5, 0.6) is 0 Å². The largest absolute Gasteiger partial charge is 0.480 e. The molecule has 0 atom stereocenters. The summed E-state index contributed by atoms with van der Waals surface area (Å²) in [5.74, 6) is -1.37. The molecule has 0 spiro atoms. The summed E-state index contributed by atoms with van der Waals surface area (Å²) in [6.07, 6.45) is 2.39. The van der Waals surface area contributed by atoms with Crippen molar-refractivity contribution in [1.29, 1.82) is 0 Å². The molecule has 1 amide bonds. The van der Waals surface area contributed by atoms with Crippen LogP contribution in [0.2, 0.25) is 0 Å². The normalized spacial score (nSPS) is 10.8. The molecule has 20 heavy (non-hydrogen) atoms. The molecule has 0 aliphatic rings. The monoisotopic (exact) mass is 275 g/mol. The number of carboxylic acids is 1. The standard InChI is InChI=1S/C14H17N3O3/c1-4-10-12(14(20)16(3)8-11(18)19)17-7-5-6-9(2)13(17)15-10/h5-7H,4,8H2,1-3H3,(H,18,19). The summed E-state index contributed by atoms with van der Waals surface area (Å²) in [4.78, 5) is 28.9. The fraction of sp³-hybridized carbons (Fsp3) is 0.357. The van der Waals surface area contributed by atoms with Crippen LogP contribution in [-0.2, 0) is 11.2 Å². The van der Waals surface area contributed by atoms with E-state index in [1.807, 2.05) is 26.0 Å². The van der Waals surface area contributed by atoms with Crippen LogP contribution in [0, 0.1) is 6.92 Å². The Hall–Kier alpha value is -2.37. The Balaban J connectivity index is 2.55. The topological polar surface area (TPSA) is 74.9 Å². The minimum Gasteiger partial charge on any atom is -0.480 e. The molecule has 0 saturated carbocycles. The first kappa shape index (κ1) is 14.0. The lowest BCUT2D eigenvalue weighted by atomic mass is 10.2. The number of pyridine rings is 1. The maximum atomic E-state index is 12.4. The SMILES string of the molecule is CCc1nc2c(C)cccn2c1C(=O)N(C)CC(=O)O. The molecule has 2 heterocycles. The van der Waals surface area contributed by atoms with E-state index in [2.05, 4.69) is 4.98 Å². The smallest absolute Gasteiger partial charge is 0.323 e. The zero-order chi connectivity index (χ0) is 14.9. The van der Waals surface area contributed by atoms with Crippen LogP contribution in [0.1, 0.15) is 28.7 Å². The number of nitrogens with zero attached hydrogens (tertiary/aromatic N) is 3. The summed E-state index contributed by atoms with van der Waals surface area (Å²) < 4.78 is 1.73. The molecule has 0 aliphatic heterocycles. The predicted molar refractivity (Wildman–Crippen MR) is 73.9 cm³/mol. The van der Waals surface area contributed by atoms with E-state index in [1.165, 1.54) is 11.9 Å². The molecule has 2 aromatic rings. The fourth-order valence-electron chi connectivity index (χ4n) is 2.18. The summed E-state index contributed by atoms with van der Waals surface area (Å²) in [6.45, 7) is 3.52. The maximum absolute atomic E-state index is 12.4. The van der Waals surface area contributed by atoms with Gasteiger partial charge in [0, 0.05) is 13.2 Å². The Morgan fingerprint density at radius 2 is 2.15 bits per heavy atom. The fourth-order valence-corrected chi connectivity index (χ4v) is 2.18. The molecule has 2 rings (SSSR count). The summed E-state index contributed by atoms with van der Waals surface area (Å²) in [7, 11) is 1.48. The summed E-state index contributed by atoms with van der Waals surface area (Å²) in [5, 5.41) is 8.80. The van der Waals surface area contributed by atoms with Crippen LogP contribution in [0.25, 0.3) is 5.65 Å². The predicted octanol–water partition coefficient (Wildman–Crippen LogP) is 1.36. The molecule has 0 bridgehead atoms. The van der Waals surface area contributed by atoms with Crippen LogP contribution < -0.4 is 0 Å². The van der Waals surface area contributed by atoms with Gasteiger partial charge in [0.05, 0.1) is 5.69 Å². The first-order chi connectivity index (χ1) is 9.45. The van der Waals surface area contributed by atoms with Crippen molar-refractivity contribution in [3.63, 3.8) is 0 Å². The van der Waals surface area contributed by atoms with Gasteiger partial charge in [-0.2, -0.15) is 0 Å². The number of likely N-dealkylation sites (N-methyl/N-ethyl adjacent to an activating group) is 1. The molecular weight excluding hydrogens is 258 g/mol. The van der Waals surface area contributed by atoms with Crippen LogP contribution >= 0.6 is 0 Å². The highest BCUT2D eigenvalue weighted by Crippen LogP contribution is 2.17. The highest BCUT2D eigenvalue weighted by Gasteiger charge is 2.23. The molecule has 106 valence electrons. The number of carbonyl (C=O) groups is 2. The quantitative estimate of drug-likeness (QED) is 0.914. The first-order valence-electron chi connectivity index (χ1n) is 6.39. The second kappa shape index (κ2) is 5.32. The average molecular weight is 275 g/mol. The number of carbonyl (C=O) groups excluding carboxylic acids is 1. The van der Waals surface area contributed by atoms with E-state index in [0.717, 1.165) is 11.2 Å². The second-order valence-electron chi connectivity index (χ2n) is 4.70. The highest BCUT2D eigenvalue weighted by atomic mass is 16.4. The lowest BCUT2D eigenvalue weighted by Crippen LogP contribution is -2.33. The second-order valence-corrected chi connectivity index (χ2v) is 4.70. The number of aryl methyl sites for hydroxylation is 2. The summed E-state index contributed by atoms with van der Waals surface area (Å²) >= 11 is 0. The van der Waals surface area contributed by atoms with Gasteiger partial charge in [0.2, 0.25) is 0 Å². The van der Waals surface area contributed by atoms with Crippen molar-refractivity contribution < 1.29 is 14.7 Å². The van der Waals surface area contributed by atoms with E-state index in [0.29, 0.717) is 17.8 Å². The molecular formula is C14H17N3O3. The van der Waals surface area contributed by atoms with Gasteiger partial charge in [-0.1, -0.05) is 13.0 Å². The van der Waals surface area contributed by atoms with Crippen molar-refractivity contribution in [3.05, 3.63) is 35.3 Å². The lowest BCUT2D eigenvalue weighted by molar-refractivity contribution is -0.137. The molecule has 0 fully saturated rings. The molecule has 6 heteroatoms. The van der Waals surface area contributed by atoms with Gasteiger partial charge in [-0.25, -0.2) is 4.98 Å². The van der Waals surface area contributed by atoms with Crippen LogP contribution in [0.3, 0.4) is 0 Å². The van der Waals surface area contributed by atoms with Gasteiger partial charge in [0.15, 0.2) is 0 Å². The van der Waals surface area contributed by atoms with Crippen molar-refractivity contribution in [2.45, 2.75) is 20.3 Å². The van der Waals surface area contributed by atoms with E-state index >= 15 is 0 Å². The molecule has 0 aliphatic carbocycles. The molecule has 0 saturated heterocycles. The van der Waals surface area contributed by atoms with Gasteiger partial charge in [0.25, 0.3) is 5.91 Å². The van der Waals surface area contributed by atoms with Gasteiger partial charge in [-0.15, -0.1) is 0 Å². The van der Waals surface area contributed by atoms with Gasteiger partial charge >= 0.3 is 5.97 Å². The Morgan fingerprint density at radius 3 is 2.75 bits per heavy atom. The molecule has 0 aromatic carbocycles. The third kappa shape index (κ3) is 2.36. The lowest BCUT2D eigenvalue weighted by Gasteiger charge is -2.15. The highest BCUT2D eigenvalue weighted by molar-refractivity contribution is 5.96. The minimum absolute atomic E-state index is 0.331. The molecule has 0 radical (unpaired) electrons. The number of carboxylic acid groups (broad SMARTS) is 1. The van der Waals surface area contributed by atoms with E-state index in [1.54, 1.807) is 10.6 Å². The molecule has 2 aromatic heterocycles. The summed E-state index contributed by atoms with van der Waals surface area (Å²) in [6, 6.07) is 3.77. The van der Waals surface area contributed by atoms with Crippen molar-refractivity contribution in [1.82, 2.24) is 14.3 Å². The van der Waals surface area contributed by atoms with Gasteiger partial charge in [0.1, 0.15) is 17.9 Å². The number of imidazole rings is 1. The van der Waals surface area contributed by atoms with Crippen LogP contribution in [-0.4, -0.2) is 44.9 Å². The first-order valence-corrected chi connectivity index (χ1v) is 6.39. The number of fused-ring (bicyclic) bond motifs is 1. The third-order valence-corrected chi connectivity index (χ3v) is 3.17. The van der Waals surface area contributed by atoms with E-state index in [9.17, 15) is 9.59 Å². The number of hydrogen-bond donors (Lipinski definition) is 1. The molecule has 1 N–H and O–H groups in total. The number of aliphatic carboxylic acids is 1.